The average Bonchev–Trinajstić information content (AvgIpc) is 3.48. The first kappa shape index (κ1) is 42.6. The van der Waals surface area contributed by atoms with Crippen LogP contribution in [0.4, 0.5) is 0 Å². The fourth-order valence-electron chi connectivity index (χ4n) is 12.9. The van der Waals surface area contributed by atoms with Crippen molar-refractivity contribution in [3.63, 3.8) is 0 Å². The summed E-state index contributed by atoms with van der Waals surface area (Å²) in [5, 5.41) is 87.8. The molecule has 0 aromatic rings. The van der Waals surface area contributed by atoms with E-state index in [0.29, 0.717) is 19.3 Å². The summed E-state index contributed by atoms with van der Waals surface area (Å²) >= 11 is 0. The third-order valence-corrected chi connectivity index (χ3v) is 16.0. The summed E-state index contributed by atoms with van der Waals surface area (Å²) in [6, 6.07) is 0. The number of hydrogen-bond donors (Lipinski definition) is 8. The van der Waals surface area contributed by atoms with Crippen LogP contribution in [-0.2, 0) is 18.9 Å². The standard InChI is InChI=1S/C42H70O12/c1-20(2)11-10-12-21(3)23-13-16-41(8)29(23)24(44)17-27-40(7)15-14-28(45)39(5,6)36(40)25(18-42(27,41)9)52-38-35(33(49)30(46)22(4)51-38)54-37-34(50)32(48)31(47)26(19-43)53-37/h11-12,22-38,43-50H,10,13-19H2,1-9H3. The summed E-state index contributed by atoms with van der Waals surface area (Å²) in [7, 11) is 0. The van der Waals surface area contributed by atoms with E-state index >= 15 is 0 Å². The van der Waals surface area contributed by atoms with Gasteiger partial charge in [0.05, 0.1) is 31.0 Å². The maximum atomic E-state index is 12.2. The number of ether oxygens (including phenoxy) is 4. The number of aliphatic hydroxyl groups excluding tert-OH is 8. The first-order chi connectivity index (χ1) is 25.1. The van der Waals surface area contributed by atoms with Crippen LogP contribution in [-0.4, -0.2) is 127 Å². The molecule has 4 aliphatic carbocycles. The van der Waals surface area contributed by atoms with Crippen LogP contribution in [0.2, 0.25) is 0 Å². The number of fused-ring (bicyclic) bond motifs is 5. The molecule has 0 spiro atoms. The molecule has 0 bridgehead atoms. The monoisotopic (exact) mass is 766 g/mol. The van der Waals surface area contributed by atoms with Gasteiger partial charge < -0.3 is 59.8 Å². The lowest BCUT2D eigenvalue weighted by Crippen LogP contribution is -2.70. The van der Waals surface area contributed by atoms with Gasteiger partial charge in [0, 0.05) is 0 Å². The smallest absolute Gasteiger partial charge is 0.187 e. The van der Waals surface area contributed by atoms with Crippen molar-refractivity contribution in [2.24, 2.45) is 45.3 Å². The highest BCUT2D eigenvalue weighted by atomic mass is 16.8. The van der Waals surface area contributed by atoms with Gasteiger partial charge >= 0.3 is 0 Å². The Bertz CT molecular complexity index is 1400. The van der Waals surface area contributed by atoms with Crippen LogP contribution in [0.25, 0.3) is 0 Å². The molecule has 8 N–H and O–H groups in total. The number of hydrogen-bond acceptors (Lipinski definition) is 12. The largest absolute Gasteiger partial charge is 0.394 e. The van der Waals surface area contributed by atoms with E-state index in [1.54, 1.807) is 6.92 Å². The summed E-state index contributed by atoms with van der Waals surface area (Å²) in [5.41, 5.74) is 1.10. The zero-order chi connectivity index (χ0) is 39.9. The van der Waals surface area contributed by atoms with Gasteiger partial charge in [-0.15, -0.1) is 0 Å². The Morgan fingerprint density at radius 2 is 1.44 bits per heavy atom. The molecule has 12 heteroatoms. The molecule has 0 aromatic carbocycles. The van der Waals surface area contributed by atoms with E-state index in [-0.39, 0.29) is 39.9 Å². The van der Waals surface area contributed by atoms with Crippen LogP contribution in [0.3, 0.4) is 0 Å². The number of aliphatic hydroxyl groups is 8. The zero-order valence-corrected chi connectivity index (χ0v) is 33.8. The molecule has 6 rings (SSSR count). The second-order valence-corrected chi connectivity index (χ2v) is 19.6. The predicted molar refractivity (Wildman–Crippen MR) is 199 cm³/mol. The maximum absolute atomic E-state index is 12.2. The molecule has 0 aromatic heterocycles. The molecule has 0 amide bonds. The molecule has 20 atom stereocenters. The van der Waals surface area contributed by atoms with Crippen molar-refractivity contribution in [2.45, 2.75) is 187 Å². The summed E-state index contributed by atoms with van der Waals surface area (Å²) < 4.78 is 25.2. The van der Waals surface area contributed by atoms with Crippen molar-refractivity contribution in [1.82, 2.24) is 0 Å². The lowest BCUT2D eigenvalue weighted by atomic mass is 9.34. The molecule has 4 saturated carbocycles. The van der Waals surface area contributed by atoms with Crippen LogP contribution in [0.5, 0.6) is 0 Å². The third kappa shape index (κ3) is 6.79. The molecule has 2 heterocycles. The van der Waals surface area contributed by atoms with Gasteiger partial charge in [0.15, 0.2) is 12.6 Å². The van der Waals surface area contributed by atoms with E-state index < -0.39 is 91.7 Å². The van der Waals surface area contributed by atoms with Crippen molar-refractivity contribution in [3.8, 4) is 0 Å². The summed E-state index contributed by atoms with van der Waals surface area (Å²) in [4.78, 5) is 0. The minimum atomic E-state index is -1.74. The summed E-state index contributed by atoms with van der Waals surface area (Å²) in [6.45, 7) is 18.6. The molecular weight excluding hydrogens is 696 g/mol. The first-order valence-corrected chi connectivity index (χ1v) is 20.4. The molecule has 6 aliphatic rings. The minimum Gasteiger partial charge on any atom is -0.394 e. The van der Waals surface area contributed by atoms with Crippen LogP contribution in [0.1, 0.15) is 107 Å². The van der Waals surface area contributed by atoms with Gasteiger partial charge in [-0.25, -0.2) is 0 Å². The SMILES string of the molecule is CC(C)=CCC=C(C)C1CCC2(C)C1C(O)CC1C3(C)CCC(O)C(C)(C)C3C(OC3OC(C)C(O)C(O)C3OC3OC(CO)C(O)C(O)C3O)CC12C. The second kappa shape index (κ2) is 15.3. The molecule has 2 aliphatic heterocycles. The Kier molecular flexibility index (Phi) is 12.1. The van der Waals surface area contributed by atoms with E-state index in [2.05, 4.69) is 67.5 Å². The third-order valence-electron chi connectivity index (χ3n) is 16.0. The van der Waals surface area contributed by atoms with Gasteiger partial charge in [-0.1, -0.05) is 57.9 Å². The zero-order valence-electron chi connectivity index (χ0n) is 33.8. The van der Waals surface area contributed by atoms with Crippen LogP contribution in [0, 0.1) is 45.3 Å². The minimum absolute atomic E-state index is 0.0508. The normalized spacial score (nSPS) is 53.3. The highest BCUT2D eigenvalue weighted by molar-refractivity contribution is 5.24. The van der Waals surface area contributed by atoms with Gasteiger partial charge in [-0.05, 0) is 118 Å². The Balaban J connectivity index is 1.38. The molecule has 0 radical (unpaired) electrons. The predicted octanol–water partition coefficient (Wildman–Crippen LogP) is 2.95. The highest BCUT2D eigenvalue weighted by Gasteiger charge is 2.73. The quantitative estimate of drug-likeness (QED) is 0.133. The lowest BCUT2D eigenvalue weighted by Gasteiger charge is -2.72. The van der Waals surface area contributed by atoms with Crippen molar-refractivity contribution in [1.29, 1.82) is 0 Å². The van der Waals surface area contributed by atoms with Crippen LogP contribution in [0.15, 0.2) is 23.3 Å². The summed E-state index contributed by atoms with van der Waals surface area (Å²) in [5.74, 6) is 0.234. The molecule has 310 valence electrons. The van der Waals surface area contributed by atoms with E-state index in [1.807, 2.05) is 0 Å². The molecule has 20 unspecified atom stereocenters. The van der Waals surface area contributed by atoms with Gasteiger partial charge in [-0.2, -0.15) is 0 Å². The Morgan fingerprint density at radius 3 is 2.09 bits per heavy atom. The lowest BCUT2D eigenvalue weighted by molar-refractivity contribution is -0.381. The van der Waals surface area contributed by atoms with Gasteiger partial charge in [0.2, 0.25) is 0 Å². The highest BCUT2D eigenvalue weighted by Crippen LogP contribution is 2.76. The van der Waals surface area contributed by atoms with Gasteiger partial charge in [0.25, 0.3) is 0 Å². The van der Waals surface area contributed by atoms with Gasteiger partial charge in [0.1, 0.15) is 42.7 Å². The fraction of sp³-hybridized carbons (Fsp3) is 0.905. The Hall–Kier alpha value is -1.00. The summed E-state index contributed by atoms with van der Waals surface area (Å²) in [6.07, 6.45) is -5.95. The van der Waals surface area contributed by atoms with E-state index in [9.17, 15) is 40.9 Å². The molecule has 54 heavy (non-hydrogen) atoms. The fourth-order valence-corrected chi connectivity index (χ4v) is 12.9. The molecule has 6 fully saturated rings. The average molecular weight is 767 g/mol. The maximum Gasteiger partial charge on any atom is 0.187 e. The molecular formula is C42H70O12. The topological polar surface area (TPSA) is 199 Å². The van der Waals surface area contributed by atoms with Gasteiger partial charge in [-0.3, -0.25) is 0 Å². The van der Waals surface area contributed by atoms with Crippen molar-refractivity contribution < 1.29 is 59.8 Å². The Morgan fingerprint density at radius 1 is 0.759 bits per heavy atom. The van der Waals surface area contributed by atoms with Crippen LogP contribution < -0.4 is 0 Å². The van der Waals surface area contributed by atoms with E-state index in [1.165, 1.54) is 11.1 Å². The first-order valence-electron chi connectivity index (χ1n) is 20.4. The van der Waals surface area contributed by atoms with Crippen molar-refractivity contribution in [3.05, 3.63) is 23.3 Å². The number of allylic oxidation sites excluding steroid dienone is 4. The molecule has 2 saturated heterocycles. The van der Waals surface area contributed by atoms with Crippen molar-refractivity contribution >= 4 is 0 Å². The van der Waals surface area contributed by atoms with Crippen molar-refractivity contribution in [2.75, 3.05) is 6.61 Å². The van der Waals surface area contributed by atoms with E-state index in [0.717, 1.165) is 25.7 Å². The van der Waals surface area contributed by atoms with E-state index in [4.69, 9.17) is 18.9 Å². The Labute approximate surface area is 321 Å². The van der Waals surface area contributed by atoms with Crippen LogP contribution >= 0.6 is 0 Å². The second-order valence-electron chi connectivity index (χ2n) is 19.6. The number of rotatable bonds is 8. The molecule has 12 nitrogen and oxygen atoms in total.